The number of amidine groups is 2. The topological polar surface area (TPSA) is 107 Å². The molecule has 4 N–H and O–H groups in total. The van der Waals surface area contributed by atoms with E-state index in [-0.39, 0.29) is 30.2 Å². The molecule has 0 bridgehead atoms. The highest BCUT2D eigenvalue weighted by molar-refractivity contribution is 6.45. The molecule has 0 atom stereocenters. The largest absolute Gasteiger partial charge is 0.336 e. The highest BCUT2D eigenvalue weighted by Crippen LogP contribution is 2.33. The summed E-state index contributed by atoms with van der Waals surface area (Å²) in [5.74, 6) is -2.89. The maximum Gasteiger partial charge on any atom is 0.205 e. The summed E-state index contributed by atoms with van der Waals surface area (Å²) >= 11 is 0. The van der Waals surface area contributed by atoms with Crippen molar-refractivity contribution < 1.29 is 27.2 Å². The molecule has 0 aliphatic rings. The van der Waals surface area contributed by atoms with Crippen LogP contribution >= 0.6 is 0 Å². The van der Waals surface area contributed by atoms with Gasteiger partial charge in [0, 0.05) is 22.2 Å². The minimum atomic E-state index is -1.07. The molecule has 0 aliphatic carbocycles. The van der Waals surface area contributed by atoms with E-state index in [1.807, 2.05) is 0 Å². The molecule has 0 unspecified atom stereocenters. The minimum Gasteiger partial charge on any atom is -0.336 e. The fraction of sp³-hybridized carbons (Fsp3) is 0.222. The lowest BCUT2D eigenvalue weighted by molar-refractivity contribution is -0.124. The Labute approximate surface area is 276 Å². The first kappa shape index (κ1) is 35.3. The van der Waals surface area contributed by atoms with Crippen LogP contribution in [0.1, 0.15) is 40.5 Å². The van der Waals surface area contributed by atoms with Crippen LogP contribution in [0.25, 0.3) is 0 Å². The van der Waals surface area contributed by atoms with Crippen LogP contribution in [-0.2, 0) is 9.59 Å². The van der Waals surface area contributed by atoms with Gasteiger partial charge in [-0.25, -0.2) is 17.6 Å². The third-order valence-electron chi connectivity index (χ3n) is 7.51. The van der Waals surface area contributed by atoms with Gasteiger partial charge >= 0.3 is 0 Å². The van der Waals surface area contributed by atoms with Crippen molar-refractivity contribution in [1.29, 1.82) is 0 Å². The van der Waals surface area contributed by atoms with Crippen molar-refractivity contribution >= 4 is 46.0 Å². The van der Waals surface area contributed by atoms with Gasteiger partial charge in [-0.3, -0.25) is 20.4 Å². The molecule has 0 saturated heterocycles. The summed E-state index contributed by atoms with van der Waals surface area (Å²) in [6.45, 7) is 6.84. The summed E-state index contributed by atoms with van der Waals surface area (Å²) in [6.07, 6.45) is 0.448. The first-order chi connectivity index (χ1) is 22.7. The van der Waals surface area contributed by atoms with Crippen LogP contribution in [0.3, 0.4) is 0 Å². The number of hydrogen-bond acceptors (Lipinski definition) is 6. The smallest absolute Gasteiger partial charge is 0.205 e. The van der Waals surface area contributed by atoms with Crippen LogP contribution in [0.4, 0.5) is 40.3 Å². The number of nitrogens with zero attached hydrogens (tertiary/aromatic N) is 2. The average Bonchev–Trinajstić information content (AvgIpc) is 3.06. The lowest BCUT2D eigenvalue weighted by Gasteiger charge is -2.30. The Hall–Kier alpha value is -5.52. The van der Waals surface area contributed by atoms with Gasteiger partial charge in [0.1, 0.15) is 23.3 Å². The Morgan fingerprint density at radius 2 is 0.896 bits per heavy atom. The van der Waals surface area contributed by atoms with E-state index in [9.17, 15) is 27.2 Å². The molecule has 8 nitrogen and oxygen atoms in total. The van der Waals surface area contributed by atoms with Crippen LogP contribution in [0.5, 0.6) is 0 Å². The van der Waals surface area contributed by atoms with E-state index in [1.165, 1.54) is 91.0 Å². The van der Waals surface area contributed by atoms with Gasteiger partial charge in [0.2, 0.25) is 11.6 Å². The molecule has 4 aromatic rings. The third-order valence-corrected chi connectivity index (χ3v) is 7.51. The number of nitrogens with one attached hydrogen (secondary N) is 4. The quantitative estimate of drug-likeness (QED) is 0.0496. The van der Waals surface area contributed by atoms with Gasteiger partial charge in [0.05, 0.1) is 11.4 Å². The molecule has 250 valence electrons. The number of hydrazone groups is 2. The van der Waals surface area contributed by atoms with E-state index in [1.54, 1.807) is 33.8 Å². The van der Waals surface area contributed by atoms with Crippen LogP contribution in [-0.4, -0.2) is 23.2 Å². The third kappa shape index (κ3) is 9.99. The van der Waals surface area contributed by atoms with Crippen LogP contribution in [0, 0.1) is 34.1 Å². The molecular formula is C36H36F4N6O2. The standard InChI is InChI=1S/C36H36F4N6O2/c1-35(2,31(47)33(41-27-14-8-23(37)9-15-27)45-43-28-16-10-24(38)11-17-28)20-21-36(3,4)32(48)34(42-30-7-5-6-26(40)22-30)46-44-29-18-12-25(39)13-19-29/h5-19,22,43-44H,20-21H2,1-4H3,(H,41,45)(H,42,46). The summed E-state index contributed by atoms with van der Waals surface area (Å²) < 4.78 is 54.3. The first-order valence-corrected chi connectivity index (χ1v) is 15.1. The molecule has 0 spiro atoms. The van der Waals surface area contributed by atoms with Gasteiger partial charge in [0.15, 0.2) is 11.7 Å². The molecule has 0 aliphatic heterocycles. The lowest BCUT2D eigenvalue weighted by atomic mass is 9.74. The van der Waals surface area contributed by atoms with Crippen molar-refractivity contribution in [2.24, 2.45) is 21.0 Å². The highest BCUT2D eigenvalue weighted by atomic mass is 19.1. The van der Waals surface area contributed by atoms with Crippen LogP contribution in [0.2, 0.25) is 0 Å². The Bertz CT molecular complexity index is 1790. The summed E-state index contributed by atoms with van der Waals surface area (Å²) in [4.78, 5) is 27.9. The SMILES string of the molecule is CC(C)(CCC(C)(C)C(=O)C(=NNc1ccc(F)cc1)Nc1cccc(F)c1)C(=O)C(=NNc1ccc(F)cc1)Nc1ccc(F)cc1. The second-order valence-corrected chi connectivity index (χ2v) is 12.4. The van der Waals surface area contributed by atoms with Crippen molar-refractivity contribution in [2.45, 2.75) is 40.5 Å². The molecule has 0 saturated carbocycles. The monoisotopic (exact) mass is 660 g/mol. The molecule has 4 aromatic carbocycles. The summed E-state index contributed by atoms with van der Waals surface area (Å²) in [6, 6.07) is 21.7. The zero-order valence-corrected chi connectivity index (χ0v) is 26.9. The number of carbonyl (C=O) groups excluding carboxylic acids is 2. The van der Waals surface area contributed by atoms with Crippen molar-refractivity contribution in [3.8, 4) is 0 Å². The van der Waals surface area contributed by atoms with Gasteiger partial charge in [-0.1, -0.05) is 33.8 Å². The van der Waals surface area contributed by atoms with E-state index in [2.05, 4.69) is 31.7 Å². The maximum absolute atomic E-state index is 14.0. The van der Waals surface area contributed by atoms with Gasteiger partial charge < -0.3 is 10.6 Å². The van der Waals surface area contributed by atoms with Crippen molar-refractivity contribution in [3.63, 3.8) is 0 Å². The number of benzene rings is 4. The Balaban J connectivity index is 1.54. The predicted molar refractivity (Wildman–Crippen MR) is 182 cm³/mol. The fourth-order valence-corrected chi connectivity index (χ4v) is 4.43. The normalized spacial score (nSPS) is 12.3. The van der Waals surface area contributed by atoms with Crippen LogP contribution in [0.15, 0.2) is 107 Å². The molecule has 48 heavy (non-hydrogen) atoms. The second kappa shape index (κ2) is 15.4. The van der Waals surface area contributed by atoms with Gasteiger partial charge in [-0.2, -0.15) is 10.2 Å². The molecule has 0 radical (unpaired) electrons. The first-order valence-electron chi connectivity index (χ1n) is 15.1. The molecule has 4 rings (SSSR count). The van der Waals surface area contributed by atoms with E-state index in [4.69, 9.17) is 0 Å². The zero-order valence-electron chi connectivity index (χ0n) is 26.9. The Morgan fingerprint density at radius 3 is 1.29 bits per heavy atom. The van der Waals surface area contributed by atoms with Gasteiger partial charge in [-0.05, 0) is 104 Å². The molecule has 0 amide bonds. The number of halogens is 4. The molecule has 0 aromatic heterocycles. The second-order valence-electron chi connectivity index (χ2n) is 12.4. The number of carbonyl (C=O) groups is 2. The average molecular weight is 661 g/mol. The fourth-order valence-electron chi connectivity index (χ4n) is 4.43. The lowest BCUT2D eigenvalue weighted by Crippen LogP contribution is -2.40. The highest BCUT2D eigenvalue weighted by Gasteiger charge is 2.38. The minimum absolute atomic E-state index is 0.0846. The number of ketones is 2. The summed E-state index contributed by atoms with van der Waals surface area (Å²) in [5.41, 5.74) is 4.90. The van der Waals surface area contributed by atoms with E-state index >= 15 is 0 Å². The molecule has 0 heterocycles. The van der Waals surface area contributed by atoms with Gasteiger partial charge in [-0.15, -0.1) is 0 Å². The van der Waals surface area contributed by atoms with Crippen LogP contribution < -0.4 is 21.5 Å². The maximum atomic E-state index is 14.0. The van der Waals surface area contributed by atoms with E-state index < -0.39 is 45.7 Å². The molecular weight excluding hydrogens is 624 g/mol. The zero-order chi connectivity index (χ0) is 34.9. The summed E-state index contributed by atoms with van der Waals surface area (Å²) in [5, 5.41) is 14.3. The molecule has 0 fully saturated rings. The Morgan fingerprint density at radius 1 is 0.521 bits per heavy atom. The number of hydrogen-bond donors (Lipinski definition) is 4. The summed E-state index contributed by atoms with van der Waals surface area (Å²) in [7, 11) is 0. The number of rotatable bonds is 13. The van der Waals surface area contributed by atoms with E-state index in [0.29, 0.717) is 17.1 Å². The number of Topliss-reactive ketones (excluding diaryl/α,β-unsaturated/α-hetero) is 2. The van der Waals surface area contributed by atoms with E-state index in [0.717, 1.165) is 0 Å². The van der Waals surface area contributed by atoms with Crippen molar-refractivity contribution in [3.05, 3.63) is 120 Å². The number of anilines is 4. The molecule has 12 heteroatoms. The van der Waals surface area contributed by atoms with Crippen molar-refractivity contribution in [1.82, 2.24) is 0 Å². The Kier molecular flexibility index (Phi) is 11.3. The van der Waals surface area contributed by atoms with Crippen molar-refractivity contribution in [2.75, 3.05) is 21.5 Å². The predicted octanol–water partition coefficient (Wildman–Crippen LogP) is 8.59. The van der Waals surface area contributed by atoms with Gasteiger partial charge in [0.25, 0.3) is 0 Å².